The zero-order valence-corrected chi connectivity index (χ0v) is 18.0. The maximum Gasteiger partial charge on any atom is 0.329 e. The Bertz CT molecular complexity index is 921. The molecular formula is C27H30O4. The van der Waals surface area contributed by atoms with E-state index in [1.165, 1.54) is 11.1 Å². The van der Waals surface area contributed by atoms with Crippen LogP contribution in [0.25, 0.3) is 0 Å². The van der Waals surface area contributed by atoms with Crippen LogP contribution in [-0.4, -0.2) is 30.1 Å². The predicted octanol–water partition coefficient (Wildman–Crippen LogP) is 4.98. The van der Waals surface area contributed by atoms with Gasteiger partial charge in [0.1, 0.15) is 19.0 Å². The molecule has 1 aliphatic rings. The number of aliphatic carboxylic acids is 1. The Kier molecular flexibility index (Phi) is 8.44. The summed E-state index contributed by atoms with van der Waals surface area (Å²) in [5, 5.41) is 8.56. The van der Waals surface area contributed by atoms with Gasteiger partial charge >= 0.3 is 5.97 Å². The Morgan fingerprint density at radius 3 is 2.58 bits per heavy atom. The lowest BCUT2D eigenvalue weighted by molar-refractivity contribution is -0.141. The number of rotatable bonds is 9. The Hall–Kier alpha value is -2.90. The van der Waals surface area contributed by atoms with Gasteiger partial charge in [-0.05, 0) is 47.8 Å². The molecule has 4 nitrogen and oxygen atoms in total. The summed E-state index contributed by atoms with van der Waals surface area (Å²) in [6, 6.07) is 19.1. The lowest BCUT2D eigenvalue weighted by Gasteiger charge is -2.18. The first-order chi connectivity index (χ1) is 15.0. The van der Waals surface area contributed by atoms with Gasteiger partial charge in [0.2, 0.25) is 0 Å². The summed E-state index contributed by atoms with van der Waals surface area (Å²) >= 11 is 0. The van der Waals surface area contributed by atoms with Crippen LogP contribution in [0, 0.1) is 17.8 Å². The summed E-state index contributed by atoms with van der Waals surface area (Å²) in [6.07, 6.45) is 4.23. The van der Waals surface area contributed by atoms with E-state index in [0.29, 0.717) is 24.5 Å². The minimum atomic E-state index is -0.999. The average Bonchev–Trinajstić information content (AvgIpc) is 3.15. The number of aryl methyl sites for hydroxylation is 1. The lowest BCUT2D eigenvalue weighted by Crippen LogP contribution is -2.12. The number of hydrogen-bond donors (Lipinski definition) is 1. The van der Waals surface area contributed by atoms with Crippen molar-refractivity contribution in [3.8, 4) is 11.8 Å². The first kappa shape index (κ1) is 22.8. The topological polar surface area (TPSA) is 63.6 Å². The van der Waals surface area contributed by atoms with E-state index in [1.807, 2.05) is 6.07 Å². The third kappa shape index (κ3) is 6.80. The van der Waals surface area contributed by atoms with Crippen LogP contribution in [0.4, 0.5) is 0 Å². The highest BCUT2D eigenvalue weighted by Gasteiger charge is 2.35. The Balaban J connectivity index is 1.56. The molecule has 162 valence electrons. The van der Waals surface area contributed by atoms with Crippen molar-refractivity contribution in [2.24, 2.45) is 5.92 Å². The quantitative estimate of drug-likeness (QED) is 0.461. The van der Waals surface area contributed by atoms with E-state index < -0.39 is 5.97 Å². The number of ether oxygens (including phenoxy) is 1. The fourth-order valence-electron chi connectivity index (χ4n) is 4.26. The molecule has 0 aromatic heterocycles. The van der Waals surface area contributed by atoms with Crippen molar-refractivity contribution in [2.75, 3.05) is 13.2 Å². The summed E-state index contributed by atoms with van der Waals surface area (Å²) in [6.45, 7) is 2.02. The molecule has 1 saturated carbocycles. The minimum absolute atomic E-state index is 0.0945. The van der Waals surface area contributed by atoms with Gasteiger partial charge in [0, 0.05) is 18.8 Å². The standard InChI is InChI=1S/C27H30O4/c1-20(10-11-21-7-3-2-4-8-21)22-12-14-24(15-13-22)27-23(16-17-25(27)28)9-5-6-18-31-19-26(29)30/h2-4,7-8,12-15,20,23,27H,9-11,16-19H2,1H3,(H,29,30). The van der Waals surface area contributed by atoms with Crippen molar-refractivity contribution in [3.63, 3.8) is 0 Å². The van der Waals surface area contributed by atoms with Crippen LogP contribution >= 0.6 is 0 Å². The van der Waals surface area contributed by atoms with Crippen molar-refractivity contribution in [3.05, 3.63) is 71.3 Å². The van der Waals surface area contributed by atoms with E-state index >= 15 is 0 Å². The highest BCUT2D eigenvalue weighted by molar-refractivity contribution is 5.88. The van der Waals surface area contributed by atoms with Gasteiger partial charge in [-0.1, -0.05) is 67.4 Å². The molecule has 1 N–H and O–H groups in total. The number of Topliss-reactive ketones (excluding diaryl/α,β-unsaturated/α-hetero) is 1. The second-order valence-corrected chi connectivity index (χ2v) is 8.28. The molecule has 1 aliphatic carbocycles. The number of carboxylic acid groups (broad SMARTS) is 1. The van der Waals surface area contributed by atoms with Crippen molar-refractivity contribution in [2.45, 2.75) is 50.9 Å². The zero-order chi connectivity index (χ0) is 22.1. The van der Waals surface area contributed by atoms with Gasteiger partial charge < -0.3 is 9.84 Å². The van der Waals surface area contributed by atoms with Crippen LogP contribution in [-0.2, 0) is 20.7 Å². The molecule has 3 rings (SSSR count). The molecule has 2 aromatic carbocycles. The van der Waals surface area contributed by atoms with Crippen LogP contribution in [0.1, 0.15) is 61.1 Å². The van der Waals surface area contributed by atoms with Crippen molar-refractivity contribution >= 4 is 11.8 Å². The summed E-state index contributed by atoms with van der Waals surface area (Å²) in [5.74, 6) is 5.79. The Morgan fingerprint density at radius 1 is 1.13 bits per heavy atom. The number of ketones is 1. The minimum Gasteiger partial charge on any atom is -0.480 e. The van der Waals surface area contributed by atoms with Gasteiger partial charge in [0.05, 0.1) is 0 Å². The van der Waals surface area contributed by atoms with E-state index in [-0.39, 0.29) is 25.0 Å². The van der Waals surface area contributed by atoms with E-state index in [9.17, 15) is 9.59 Å². The van der Waals surface area contributed by atoms with E-state index in [2.05, 4.69) is 67.3 Å². The van der Waals surface area contributed by atoms with Crippen molar-refractivity contribution in [1.29, 1.82) is 0 Å². The van der Waals surface area contributed by atoms with Gasteiger partial charge in [-0.15, -0.1) is 5.92 Å². The normalized spacial score (nSPS) is 18.9. The molecule has 0 bridgehead atoms. The summed E-state index contributed by atoms with van der Waals surface area (Å²) < 4.78 is 4.94. The van der Waals surface area contributed by atoms with E-state index in [0.717, 1.165) is 24.8 Å². The fourth-order valence-corrected chi connectivity index (χ4v) is 4.26. The Labute approximate surface area is 184 Å². The average molecular weight is 419 g/mol. The molecule has 31 heavy (non-hydrogen) atoms. The predicted molar refractivity (Wildman–Crippen MR) is 121 cm³/mol. The van der Waals surface area contributed by atoms with Gasteiger partial charge in [0.25, 0.3) is 0 Å². The molecule has 0 saturated heterocycles. The van der Waals surface area contributed by atoms with E-state index in [1.54, 1.807) is 0 Å². The third-order valence-electron chi connectivity index (χ3n) is 6.04. The van der Waals surface area contributed by atoms with Gasteiger partial charge in [-0.3, -0.25) is 4.79 Å². The second-order valence-electron chi connectivity index (χ2n) is 8.28. The molecule has 0 spiro atoms. The number of hydrogen-bond acceptors (Lipinski definition) is 3. The van der Waals surface area contributed by atoms with Gasteiger partial charge in [0.15, 0.2) is 0 Å². The molecule has 2 aromatic rings. The smallest absolute Gasteiger partial charge is 0.329 e. The molecular weight excluding hydrogens is 388 g/mol. The monoisotopic (exact) mass is 418 g/mol. The summed E-state index contributed by atoms with van der Waals surface area (Å²) in [7, 11) is 0. The molecule has 0 radical (unpaired) electrons. The molecule has 1 fully saturated rings. The van der Waals surface area contributed by atoms with Crippen LogP contribution in [0.2, 0.25) is 0 Å². The second kappa shape index (κ2) is 11.5. The number of carbonyl (C=O) groups is 2. The summed E-state index contributed by atoms with van der Waals surface area (Å²) in [4.78, 5) is 23.0. The highest BCUT2D eigenvalue weighted by atomic mass is 16.5. The molecule has 3 atom stereocenters. The van der Waals surface area contributed by atoms with Crippen LogP contribution in [0.15, 0.2) is 54.6 Å². The Morgan fingerprint density at radius 2 is 1.87 bits per heavy atom. The molecule has 0 amide bonds. The van der Waals surface area contributed by atoms with Crippen LogP contribution in [0.5, 0.6) is 0 Å². The number of carboxylic acids is 1. The number of benzene rings is 2. The van der Waals surface area contributed by atoms with Crippen LogP contribution in [0.3, 0.4) is 0 Å². The van der Waals surface area contributed by atoms with Crippen molar-refractivity contribution < 1.29 is 19.4 Å². The van der Waals surface area contributed by atoms with Gasteiger partial charge in [-0.2, -0.15) is 0 Å². The third-order valence-corrected chi connectivity index (χ3v) is 6.04. The fraction of sp³-hybridized carbons (Fsp3) is 0.407. The zero-order valence-electron chi connectivity index (χ0n) is 18.0. The molecule has 3 unspecified atom stereocenters. The molecule has 4 heteroatoms. The maximum atomic E-state index is 12.5. The van der Waals surface area contributed by atoms with E-state index in [4.69, 9.17) is 9.84 Å². The number of carbonyl (C=O) groups excluding carboxylic acids is 1. The highest BCUT2D eigenvalue weighted by Crippen LogP contribution is 2.39. The molecule has 0 heterocycles. The van der Waals surface area contributed by atoms with Crippen molar-refractivity contribution in [1.82, 2.24) is 0 Å². The van der Waals surface area contributed by atoms with Gasteiger partial charge in [-0.25, -0.2) is 4.79 Å². The summed E-state index contributed by atoms with van der Waals surface area (Å²) in [5.41, 5.74) is 3.74. The molecule has 0 aliphatic heterocycles. The first-order valence-electron chi connectivity index (χ1n) is 11.0. The lowest BCUT2D eigenvalue weighted by atomic mass is 9.85. The van der Waals surface area contributed by atoms with Crippen LogP contribution < -0.4 is 0 Å². The first-order valence-corrected chi connectivity index (χ1v) is 11.0. The maximum absolute atomic E-state index is 12.5. The largest absolute Gasteiger partial charge is 0.480 e. The SMILES string of the molecule is CC(CCc1ccccc1)c1ccc(C2C(=O)CCC2CC#CCOCC(=O)O)cc1.